The molecule has 16 heavy (non-hydrogen) atoms. The third-order valence-corrected chi connectivity index (χ3v) is 3.06. The molecule has 2 rings (SSSR count). The van der Waals surface area contributed by atoms with E-state index in [-0.39, 0.29) is 11.9 Å². The standard InChI is InChI=1S/C12H14ClNO2/c13-12-8-14-4-3-9(12)6-10(15)7-11-2-1-5-16-11/h3-4,8,11H,1-2,5-7H2. The zero-order valence-corrected chi connectivity index (χ0v) is 9.74. The minimum atomic E-state index is 0.119. The van der Waals surface area contributed by atoms with Gasteiger partial charge in [-0.25, -0.2) is 0 Å². The van der Waals surface area contributed by atoms with Gasteiger partial charge in [0.2, 0.25) is 0 Å². The van der Waals surface area contributed by atoms with Gasteiger partial charge in [0.15, 0.2) is 0 Å². The monoisotopic (exact) mass is 239 g/mol. The van der Waals surface area contributed by atoms with Gasteiger partial charge in [-0.05, 0) is 24.5 Å². The highest BCUT2D eigenvalue weighted by Crippen LogP contribution is 2.19. The normalized spacial score (nSPS) is 19.9. The molecule has 1 saturated heterocycles. The van der Waals surface area contributed by atoms with Crippen molar-refractivity contribution < 1.29 is 9.53 Å². The van der Waals surface area contributed by atoms with Crippen LogP contribution in [0.15, 0.2) is 18.5 Å². The number of nitrogens with zero attached hydrogens (tertiary/aromatic N) is 1. The smallest absolute Gasteiger partial charge is 0.139 e. The number of aromatic nitrogens is 1. The van der Waals surface area contributed by atoms with E-state index in [9.17, 15) is 4.79 Å². The van der Waals surface area contributed by atoms with Crippen LogP contribution in [0.25, 0.3) is 0 Å². The van der Waals surface area contributed by atoms with Crippen molar-refractivity contribution >= 4 is 17.4 Å². The summed E-state index contributed by atoms with van der Waals surface area (Å²) in [7, 11) is 0. The molecule has 0 aromatic carbocycles. The number of carbonyl (C=O) groups excluding carboxylic acids is 1. The summed E-state index contributed by atoms with van der Waals surface area (Å²) >= 11 is 5.94. The Labute approximate surface area is 99.8 Å². The molecule has 0 spiro atoms. The summed E-state index contributed by atoms with van der Waals surface area (Å²) in [4.78, 5) is 15.6. The summed E-state index contributed by atoms with van der Waals surface area (Å²) in [6, 6.07) is 1.79. The Morgan fingerprint density at radius 1 is 1.62 bits per heavy atom. The van der Waals surface area contributed by atoms with Crippen LogP contribution in [0.4, 0.5) is 0 Å². The fraction of sp³-hybridized carbons (Fsp3) is 0.500. The average molecular weight is 240 g/mol. The van der Waals surface area contributed by atoms with E-state index in [1.54, 1.807) is 18.5 Å². The number of ether oxygens (including phenoxy) is 1. The zero-order chi connectivity index (χ0) is 11.4. The van der Waals surface area contributed by atoms with Crippen molar-refractivity contribution in [3.8, 4) is 0 Å². The molecular weight excluding hydrogens is 226 g/mol. The first kappa shape index (κ1) is 11.6. The van der Waals surface area contributed by atoms with Gasteiger partial charge in [-0.1, -0.05) is 11.6 Å². The van der Waals surface area contributed by atoms with Crippen molar-refractivity contribution in [3.63, 3.8) is 0 Å². The molecule has 0 bridgehead atoms. The molecule has 0 amide bonds. The largest absolute Gasteiger partial charge is 0.378 e. The fourth-order valence-electron chi connectivity index (χ4n) is 1.89. The van der Waals surface area contributed by atoms with Crippen LogP contribution in [0.3, 0.4) is 0 Å². The Kier molecular flexibility index (Phi) is 3.91. The van der Waals surface area contributed by atoms with Crippen molar-refractivity contribution in [2.45, 2.75) is 31.8 Å². The van der Waals surface area contributed by atoms with Gasteiger partial charge in [0.25, 0.3) is 0 Å². The quantitative estimate of drug-likeness (QED) is 0.810. The highest BCUT2D eigenvalue weighted by atomic mass is 35.5. The van der Waals surface area contributed by atoms with Crippen molar-refractivity contribution in [1.29, 1.82) is 0 Å². The topological polar surface area (TPSA) is 39.2 Å². The first-order valence-electron chi connectivity index (χ1n) is 5.47. The van der Waals surface area contributed by atoms with E-state index in [0.29, 0.717) is 17.9 Å². The molecule has 86 valence electrons. The fourth-order valence-corrected chi connectivity index (χ4v) is 2.08. The summed E-state index contributed by atoms with van der Waals surface area (Å²) in [5.74, 6) is 0.181. The molecule has 1 atom stereocenters. The number of hydrogen-bond acceptors (Lipinski definition) is 3. The van der Waals surface area contributed by atoms with Crippen molar-refractivity contribution in [2.75, 3.05) is 6.61 Å². The Balaban J connectivity index is 1.89. The van der Waals surface area contributed by atoms with E-state index in [2.05, 4.69) is 4.98 Å². The van der Waals surface area contributed by atoms with Crippen molar-refractivity contribution in [1.82, 2.24) is 4.98 Å². The van der Waals surface area contributed by atoms with Gasteiger partial charge in [0, 0.05) is 31.8 Å². The lowest BCUT2D eigenvalue weighted by molar-refractivity contribution is -0.120. The van der Waals surface area contributed by atoms with E-state index in [4.69, 9.17) is 16.3 Å². The lowest BCUT2D eigenvalue weighted by atomic mass is 10.0. The van der Waals surface area contributed by atoms with Crippen molar-refractivity contribution in [2.24, 2.45) is 0 Å². The van der Waals surface area contributed by atoms with Crippen LogP contribution in [0.1, 0.15) is 24.8 Å². The third kappa shape index (κ3) is 3.03. The SMILES string of the molecule is O=C(Cc1ccncc1Cl)CC1CCCO1. The number of carbonyl (C=O) groups is 1. The predicted octanol–water partition coefficient (Wildman–Crippen LogP) is 2.42. The summed E-state index contributed by atoms with van der Waals surface area (Å²) in [6.45, 7) is 0.786. The maximum Gasteiger partial charge on any atom is 0.139 e. The van der Waals surface area contributed by atoms with E-state index in [1.807, 2.05) is 0 Å². The molecule has 1 aromatic heterocycles. The number of halogens is 1. The lowest BCUT2D eigenvalue weighted by Crippen LogP contribution is -2.14. The number of ketones is 1. The van der Waals surface area contributed by atoms with Crippen LogP contribution in [-0.2, 0) is 16.0 Å². The van der Waals surface area contributed by atoms with Gasteiger partial charge in [-0.15, -0.1) is 0 Å². The second-order valence-electron chi connectivity index (χ2n) is 4.02. The number of rotatable bonds is 4. The number of pyridine rings is 1. The molecule has 1 unspecified atom stereocenters. The Morgan fingerprint density at radius 3 is 3.19 bits per heavy atom. The van der Waals surface area contributed by atoms with Crippen LogP contribution < -0.4 is 0 Å². The minimum Gasteiger partial charge on any atom is -0.378 e. The molecule has 4 heteroatoms. The minimum absolute atomic E-state index is 0.119. The molecule has 3 nitrogen and oxygen atoms in total. The first-order valence-corrected chi connectivity index (χ1v) is 5.85. The average Bonchev–Trinajstić information content (AvgIpc) is 2.74. The first-order chi connectivity index (χ1) is 7.75. The molecule has 0 radical (unpaired) electrons. The molecule has 1 aliphatic rings. The van der Waals surface area contributed by atoms with E-state index in [0.717, 1.165) is 25.0 Å². The van der Waals surface area contributed by atoms with E-state index in [1.165, 1.54) is 0 Å². The zero-order valence-electron chi connectivity index (χ0n) is 8.99. The second-order valence-corrected chi connectivity index (χ2v) is 4.43. The molecule has 0 aliphatic carbocycles. The van der Waals surface area contributed by atoms with Crippen LogP contribution >= 0.6 is 11.6 Å². The maximum absolute atomic E-state index is 11.8. The number of Topliss-reactive ketones (excluding diaryl/α,β-unsaturated/α-hetero) is 1. The molecule has 1 aromatic rings. The van der Waals surface area contributed by atoms with E-state index < -0.39 is 0 Å². The molecule has 1 aliphatic heterocycles. The summed E-state index contributed by atoms with van der Waals surface area (Å²) in [6.07, 6.45) is 6.27. The van der Waals surface area contributed by atoms with Gasteiger partial charge >= 0.3 is 0 Å². The molecular formula is C12H14ClNO2. The molecule has 0 N–H and O–H groups in total. The Bertz CT molecular complexity index is 375. The second kappa shape index (κ2) is 5.41. The van der Waals surface area contributed by atoms with E-state index >= 15 is 0 Å². The molecule has 2 heterocycles. The van der Waals surface area contributed by atoms with Gasteiger partial charge in [-0.2, -0.15) is 0 Å². The van der Waals surface area contributed by atoms with Crippen LogP contribution in [-0.4, -0.2) is 23.5 Å². The third-order valence-electron chi connectivity index (χ3n) is 2.72. The van der Waals surface area contributed by atoms with Gasteiger partial charge < -0.3 is 4.74 Å². The van der Waals surface area contributed by atoms with Crippen molar-refractivity contribution in [3.05, 3.63) is 29.0 Å². The van der Waals surface area contributed by atoms with Gasteiger partial charge in [-0.3, -0.25) is 9.78 Å². The highest BCUT2D eigenvalue weighted by molar-refractivity contribution is 6.31. The summed E-state index contributed by atoms with van der Waals surface area (Å²) < 4.78 is 5.43. The van der Waals surface area contributed by atoms with Crippen LogP contribution in [0, 0.1) is 0 Å². The maximum atomic E-state index is 11.8. The van der Waals surface area contributed by atoms with Gasteiger partial charge in [0.05, 0.1) is 11.1 Å². The summed E-state index contributed by atoms with van der Waals surface area (Å²) in [5, 5.41) is 0.559. The lowest BCUT2D eigenvalue weighted by Gasteiger charge is -2.08. The molecule has 0 saturated carbocycles. The summed E-state index contributed by atoms with van der Waals surface area (Å²) in [5.41, 5.74) is 0.847. The number of hydrogen-bond donors (Lipinski definition) is 0. The van der Waals surface area contributed by atoms with Crippen LogP contribution in [0.2, 0.25) is 5.02 Å². The van der Waals surface area contributed by atoms with Crippen LogP contribution in [0.5, 0.6) is 0 Å². The highest BCUT2D eigenvalue weighted by Gasteiger charge is 2.19. The molecule has 1 fully saturated rings. The Hall–Kier alpha value is -0.930. The van der Waals surface area contributed by atoms with Gasteiger partial charge in [0.1, 0.15) is 5.78 Å². The Morgan fingerprint density at radius 2 is 2.50 bits per heavy atom. The predicted molar refractivity (Wildman–Crippen MR) is 61.5 cm³/mol.